The molecule has 0 aliphatic carbocycles. The Morgan fingerprint density at radius 2 is 2.33 bits per heavy atom. The Morgan fingerprint density at radius 3 is 3.00 bits per heavy atom. The number of aliphatic hydroxyl groups is 1. The molecule has 1 atom stereocenters. The fraction of sp³-hybridized carbons (Fsp3) is 0.333. The molecule has 0 saturated carbocycles. The molecule has 15 heavy (non-hydrogen) atoms. The largest absolute Gasteiger partial charge is 0.454 e. The van der Waals surface area contributed by atoms with Gasteiger partial charge >= 0.3 is 0 Å². The molecule has 1 aliphatic heterocycles. The van der Waals surface area contributed by atoms with Crippen LogP contribution in [0.4, 0.5) is 4.39 Å². The zero-order valence-electron chi connectivity index (χ0n) is 7.67. The van der Waals surface area contributed by atoms with Gasteiger partial charge in [-0.1, -0.05) is 0 Å². The van der Waals surface area contributed by atoms with E-state index < -0.39 is 11.9 Å². The summed E-state index contributed by atoms with van der Waals surface area (Å²) >= 11 is 3.05. The van der Waals surface area contributed by atoms with Crippen molar-refractivity contribution in [1.29, 1.82) is 0 Å². The van der Waals surface area contributed by atoms with E-state index in [1.54, 1.807) is 0 Å². The number of ether oxygens (including phenoxy) is 2. The third-order valence-corrected chi connectivity index (χ3v) is 2.86. The predicted molar refractivity (Wildman–Crippen MR) is 54.2 cm³/mol. The summed E-state index contributed by atoms with van der Waals surface area (Å²) in [4.78, 5) is 0. The second-order valence-electron chi connectivity index (χ2n) is 3.08. The highest BCUT2D eigenvalue weighted by Gasteiger charge is 2.25. The van der Waals surface area contributed by atoms with Crippen LogP contribution in [0.3, 0.4) is 0 Å². The van der Waals surface area contributed by atoms with Gasteiger partial charge in [0.2, 0.25) is 6.79 Å². The lowest BCUT2D eigenvalue weighted by molar-refractivity contribution is 0.172. The first-order chi connectivity index (χ1) is 7.15. The number of hydrogen-bond donors (Lipinski definition) is 2. The van der Waals surface area contributed by atoms with E-state index in [1.165, 1.54) is 6.07 Å². The molecule has 82 valence electrons. The van der Waals surface area contributed by atoms with Gasteiger partial charge in [0.25, 0.3) is 0 Å². The van der Waals surface area contributed by atoms with Crippen molar-refractivity contribution in [3.8, 4) is 11.5 Å². The van der Waals surface area contributed by atoms with E-state index in [9.17, 15) is 9.50 Å². The molecular weight excluding hydrogens is 269 g/mol. The van der Waals surface area contributed by atoms with Crippen molar-refractivity contribution >= 4 is 15.9 Å². The quantitative estimate of drug-likeness (QED) is 0.856. The maximum atomic E-state index is 13.7. The zero-order chi connectivity index (χ0) is 11.0. The topological polar surface area (TPSA) is 64.7 Å². The molecule has 6 heteroatoms. The number of nitrogens with two attached hydrogens (primary N) is 1. The Balaban J connectivity index is 2.54. The first-order valence-corrected chi connectivity index (χ1v) is 5.10. The number of halogens is 2. The molecule has 0 bridgehead atoms. The third kappa shape index (κ3) is 1.68. The Kier molecular flexibility index (Phi) is 2.81. The van der Waals surface area contributed by atoms with Gasteiger partial charge in [0.1, 0.15) is 5.82 Å². The highest BCUT2D eigenvalue weighted by atomic mass is 79.9. The molecule has 4 nitrogen and oxygen atoms in total. The van der Waals surface area contributed by atoms with Gasteiger partial charge in [0, 0.05) is 12.1 Å². The van der Waals surface area contributed by atoms with Gasteiger partial charge in [-0.05, 0) is 22.0 Å². The number of benzene rings is 1. The van der Waals surface area contributed by atoms with E-state index in [0.717, 1.165) is 0 Å². The van der Waals surface area contributed by atoms with Crippen LogP contribution < -0.4 is 15.2 Å². The summed E-state index contributed by atoms with van der Waals surface area (Å²) in [7, 11) is 0. The molecule has 1 unspecified atom stereocenters. The van der Waals surface area contributed by atoms with E-state index in [0.29, 0.717) is 11.5 Å². The van der Waals surface area contributed by atoms with Crippen LogP contribution in [0, 0.1) is 5.82 Å². The molecule has 0 radical (unpaired) electrons. The second-order valence-corrected chi connectivity index (χ2v) is 3.87. The fourth-order valence-corrected chi connectivity index (χ4v) is 1.91. The highest BCUT2D eigenvalue weighted by molar-refractivity contribution is 9.10. The Hall–Kier alpha value is -0.850. The van der Waals surface area contributed by atoms with Crippen molar-refractivity contribution in [3.63, 3.8) is 0 Å². The minimum atomic E-state index is -1.05. The van der Waals surface area contributed by atoms with Gasteiger partial charge in [-0.15, -0.1) is 0 Å². The fourth-order valence-electron chi connectivity index (χ4n) is 1.37. The number of hydrogen-bond acceptors (Lipinski definition) is 4. The molecular formula is C9H9BrFNO3. The Labute approximate surface area is 93.9 Å². The van der Waals surface area contributed by atoms with Crippen LogP contribution in [-0.2, 0) is 0 Å². The van der Waals surface area contributed by atoms with Crippen LogP contribution >= 0.6 is 15.9 Å². The van der Waals surface area contributed by atoms with Gasteiger partial charge in [-0.25, -0.2) is 4.39 Å². The number of rotatable bonds is 2. The molecule has 0 amide bonds. The zero-order valence-corrected chi connectivity index (χ0v) is 9.25. The molecule has 1 aromatic carbocycles. The van der Waals surface area contributed by atoms with Gasteiger partial charge in [-0.3, -0.25) is 0 Å². The van der Waals surface area contributed by atoms with Crippen molar-refractivity contribution < 1.29 is 19.0 Å². The lowest BCUT2D eigenvalue weighted by Crippen LogP contribution is -2.13. The van der Waals surface area contributed by atoms with Crippen LogP contribution in [-0.4, -0.2) is 18.4 Å². The standard InChI is InChI=1S/C9H9BrFNO3/c10-7-8(11)4(5(13)2-12)1-6-9(7)15-3-14-6/h1,5,13H,2-3,12H2. The van der Waals surface area contributed by atoms with Crippen LogP contribution in [0.2, 0.25) is 0 Å². The van der Waals surface area contributed by atoms with Crippen molar-refractivity contribution in [2.45, 2.75) is 6.10 Å². The minimum absolute atomic E-state index is 0.0511. The van der Waals surface area contributed by atoms with E-state index >= 15 is 0 Å². The smallest absolute Gasteiger partial charge is 0.231 e. The first-order valence-electron chi connectivity index (χ1n) is 4.30. The third-order valence-electron chi connectivity index (χ3n) is 2.16. The van der Waals surface area contributed by atoms with Gasteiger partial charge < -0.3 is 20.3 Å². The molecule has 1 aliphatic rings. The molecule has 0 aromatic heterocycles. The summed E-state index contributed by atoms with van der Waals surface area (Å²) in [5, 5.41) is 9.48. The highest BCUT2D eigenvalue weighted by Crippen LogP contribution is 2.43. The Morgan fingerprint density at radius 1 is 1.60 bits per heavy atom. The lowest BCUT2D eigenvalue weighted by Gasteiger charge is -2.11. The molecule has 1 aromatic rings. The van der Waals surface area contributed by atoms with Gasteiger partial charge in [0.15, 0.2) is 11.5 Å². The molecule has 3 N–H and O–H groups in total. The molecule has 0 fully saturated rings. The average molecular weight is 278 g/mol. The molecule has 1 heterocycles. The monoisotopic (exact) mass is 277 g/mol. The maximum Gasteiger partial charge on any atom is 0.231 e. The number of aliphatic hydroxyl groups excluding tert-OH is 1. The lowest BCUT2D eigenvalue weighted by atomic mass is 10.1. The predicted octanol–water partition coefficient (Wildman–Crippen LogP) is 1.31. The van der Waals surface area contributed by atoms with E-state index in [4.69, 9.17) is 15.2 Å². The van der Waals surface area contributed by atoms with E-state index in [1.807, 2.05) is 0 Å². The van der Waals surface area contributed by atoms with Gasteiger partial charge in [0.05, 0.1) is 10.6 Å². The van der Waals surface area contributed by atoms with E-state index in [2.05, 4.69) is 15.9 Å². The summed E-state index contributed by atoms with van der Waals surface area (Å²) in [6.45, 7) is -0.00144. The van der Waals surface area contributed by atoms with Crippen molar-refractivity contribution in [2.75, 3.05) is 13.3 Å². The normalized spacial score (nSPS) is 15.5. The summed E-state index contributed by atoms with van der Waals surface area (Å²) < 4.78 is 24.0. The van der Waals surface area contributed by atoms with E-state index in [-0.39, 0.29) is 23.4 Å². The summed E-state index contributed by atoms with van der Waals surface area (Å²) in [5.41, 5.74) is 5.37. The second kappa shape index (κ2) is 3.96. The summed E-state index contributed by atoms with van der Waals surface area (Å²) in [5.74, 6) is 0.156. The molecule has 0 spiro atoms. The SMILES string of the molecule is NCC(O)c1cc2c(c(Br)c1F)OCO2. The van der Waals surface area contributed by atoms with Crippen molar-refractivity contribution in [2.24, 2.45) is 5.73 Å². The van der Waals surface area contributed by atoms with Crippen LogP contribution in [0.5, 0.6) is 11.5 Å². The molecule has 0 saturated heterocycles. The van der Waals surface area contributed by atoms with Crippen LogP contribution in [0.1, 0.15) is 11.7 Å². The Bertz CT molecular complexity index is 399. The van der Waals surface area contributed by atoms with Crippen LogP contribution in [0.15, 0.2) is 10.5 Å². The summed E-state index contributed by atoms with van der Waals surface area (Å²) in [6.07, 6.45) is -1.05. The van der Waals surface area contributed by atoms with Gasteiger partial charge in [-0.2, -0.15) is 0 Å². The first kappa shape index (κ1) is 10.7. The van der Waals surface area contributed by atoms with Crippen LogP contribution in [0.25, 0.3) is 0 Å². The minimum Gasteiger partial charge on any atom is -0.454 e. The number of fused-ring (bicyclic) bond motifs is 1. The molecule has 2 rings (SSSR count). The van der Waals surface area contributed by atoms with Crippen molar-refractivity contribution in [3.05, 3.63) is 21.9 Å². The maximum absolute atomic E-state index is 13.7. The van der Waals surface area contributed by atoms with Crippen molar-refractivity contribution in [1.82, 2.24) is 0 Å². The average Bonchev–Trinajstić information content (AvgIpc) is 2.70. The summed E-state index contributed by atoms with van der Waals surface area (Å²) in [6, 6.07) is 1.40.